The van der Waals surface area contributed by atoms with Crippen molar-refractivity contribution in [2.45, 2.75) is 40.2 Å². The highest BCUT2D eigenvalue weighted by Crippen LogP contribution is 2.34. The van der Waals surface area contributed by atoms with Gasteiger partial charge in [0.2, 0.25) is 0 Å². The molecule has 4 heteroatoms. The summed E-state index contributed by atoms with van der Waals surface area (Å²) >= 11 is 7.55. The van der Waals surface area contributed by atoms with Crippen LogP contribution in [0.15, 0.2) is 36.4 Å². The number of hydrogen-bond acceptors (Lipinski definition) is 3. The number of aliphatic hydroxyl groups excluding tert-OH is 1. The van der Waals surface area contributed by atoms with E-state index >= 15 is 0 Å². The van der Waals surface area contributed by atoms with Crippen LogP contribution in [-0.4, -0.2) is 10.9 Å². The third-order valence-electron chi connectivity index (χ3n) is 4.09. The predicted molar refractivity (Wildman–Crippen MR) is 97.1 cm³/mol. The Bertz CT molecular complexity index is 661. The third-order valence-corrected chi connectivity index (χ3v) is 5.53. The maximum atomic E-state index is 12.9. The van der Waals surface area contributed by atoms with Crippen molar-refractivity contribution in [1.29, 1.82) is 0 Å². The predicted octanol–water partition coefficient (Wildman–Crippen LogP) is 4.91. The van der Waals surface area contributed by atoms with Crippen molar-refractivity contribution >= 4 is 28.7 Å². The van der Waals surface area contributed by atoms with Gasteiger partial charge in [0, 0.05) is 21.8 Å². The van der Waals surface area contributed by atoms with E-state index in [2.05, 4.69) is 12.1 Å². The summed E-state index contributed by atoms with van der Waals surface area (Å²) in [6, 6.07) is 12.0. The molecule has 2 aromatic rings. The molecule has 1 aromatic carbocycles. The van der Waals surface area contributed by atoms with E-state index in [-0.39, 0.29) is 18.3 Å². The maximum Gasteiger partial charge on any atom is 0.141 e. The molecule has 23 heavy (non-hydrogen) atoms. The molecule has 1 unspecified atom stereocenters. The van der Waals surface area contributed by atoms with Crippen LogP contribution in [0.25, 0.3) is 0 Å². The van der Waals surface area contributed by atoms with Crippen molar-refractivity contribution < 1.29 is 9.90 Å². The summed E-state index contributed by atoms with van der Waals surface area (Å²) in [5.41, 5.74) is 1.48. The normalized spacial score (nSPS) is 13.1. The van der Waals surface area contributed by atoms with Crippen LogP contribution in [0.5, 0.6) is 0 Å². The highest BCUT2D eigenvalue weighted by Gasteiger charge is 2.32. The molecular weight excluding hydrogens is 328 g/mol. The number of thiophene rings is 1. The highest BCUT2D eigenvalue weighted by molar-refractivity contribution is 7.16. The summed E-state index contributed by atoms with van der Waals surface area (Å²) in [5, 5.41) is 9.25. The molecule has 0 fully saturated rings. The van der Waals surface area contributed by atoms with Crippen LogP contribution in [0.2, 0.25) is 4.34 Å². The molecule has 0 spiro atoms. The van der Waals surface area contributed by atoms with Crippen LogP contribution in [0.3, 0.4) is 0 Å². The third kappa shape index (κ3) is 4.66. The Kier molecular flexibility index (Phi) is 6.01. The lowest BCUT2D eigenvalue weighted by molar-refractivity contribution is -0.130. The van der Waals surface area contributed by atoms with Gasteiger partial charge in [-0.3, -0.25) is 4.79 Å². The Balaban J connectivity index is 2.06. The van der Waals surface area contributed by atoms with Gasteiger partial charge < -0.3 is 5.11 Å². The molecule has 0 amide bonds. The molecule has 2 rings (SSSR count). The summed E-state index contributed by atoms with van der Waals surface area (Å²) < 4.78 is 0.614. The SMILES string of the molecule is CC(Cc1ccccc1)C(=O)C(C)(C)Cc1cc(CO)c(Cl)s1. The van der Waals surface area contributed by atoms with Gasteiger partial charge in [-0.1, -0.05) is 62.7 Å². The number of Topliss-reactive ketones (excluding diaryl/α,β-unsaturated/α-hetero) is 1. The van der Waals surface area contributed by atoms with Gasteiger partial charge in [0.05, 0.1) is 10.9 Å². The zero-order chi connectivity index (χ0) is 17.0. The highest BCUT2D eigenvalue weighted by atomic mass is 35.5. The fraction of sp³-hybridized carbons (Fsp3) is 0.421. The Morgan fingerprint density at radius 2 is 1.96 bits per heavy atom. The molecule has 124 valence electrons. The molecular formula is C19H23ClO2S. The second-order valence-corrected chi connectivity index (χ2v) is 8.42. The van der Waals surface area contributed by atoms with E-state index in [9.17, 15) is 9.90 Å². The smallest absolute Gasteiger partial charge is 0.141 e. The Hall–Kier alpha value is -1.16. The summed E-state index contributed by atoms with van der Waals surface area (Å²) in [5.74, 6) is 0.233. The zero-order valence-corrected chi connectivity index (χ0v) is 15.4. The molecule has 1 N–H and O–H groups in total. The molecule has 0 radical (unpaired) electrons. The van der Waals surface area contributed by atoms with Gasteiger partial charge in [0.1, 0.15) is 5.78 Å². The van der Waals surface area contributed by atoms with Crippen LogP contribution in [0, 0.1) is 11.3 Å². The van der Waals surface area contributed by atoms with E-state index < -0.39 is 5.41 Å². The van der Waals surface area contributed by atoms with Crippen LogP contribution >= 0.6 is 22.9 Å². The quantitative estimate of drug-likeness (QED) is 0.770. The fourth-order valence-electron chi connectivity index (χ4n) is 2.91. The molecule has 0 aliphatic carbocycles. The van der Waals surface area contributed by atoms with Gasteiger partial charge in [0.25, 0.3) is 0 Å². The van der Waals surface area contributed by atoms with Crippen LogP contribution in [-0.2, 0) is 24.2 Å². The number of halogens is 1. The monoisotopic (exact) mass is 350 g/mol. The molecule has 0 bridgehead atoms. The molecule has 0 aliphatic rings. The van der Waals surface area contributed by atoms with Crippen molar-refractivity contribution in [3.8, 4) is 0 Å². The lowest BCUT2D eigenvalue weighted by Gasteiger charge is -2.26. The van der Waals surface area contributed by atoms with Crippen LogP contribution in [0.1, 0.15) is 36.8 Å². The van der Waals surface area contributed by atoms with Crippen molar-refractivity contribution in [3.05, 3.63) is 56.7 Å². The van der Waals surface area contributed by atoms with E-state index in [0.29, 0.717) is 10.8 Å². The van der Waals surface area contributed by atoms with Crippen molar-refractivity contribution in [1.82, 2.24) is 0 Å². The van der Waals surface area contributed by atoms with Crippen molar-refractivity contribution in [2.24, 2.45) is 11.3 Å². The zero-order valence-electron chi connectivity index (χ0n) is 13.8. The second kappa shape index (κ2) is 7.61. The van der Waals surface area contributed by atoms with E-state index in [1.165, 1.54) is 16.9 Å². The number of rotatable bonds is 7. The van der Waals surface area contributed by atoms with Crippen LogP contribution in [0.4, 0.5) is 0 Å². The molecule has 0 saturated heterocycles. The fourth-order valence-corrected chi connectivity index (χ4v) is 4.44. The number of carbonyl (C=O) groups is 1. The maximum absolute atomic E-state index is 12.9. The number of benzene rings is 1. The van der Waals surface area contributed by atoms with Gasteiger partial charge in [0.15, 0.2) is 0 Å². The largest absolute Gasteiger partial charge is 0.392 e. The number of hydrogen-bond donors (Lipinski definition) is 1. The molecule has 0 saturated carbocycles. The van der Waals surface area contributed by atoms with Gasteiger partial charge in [-0.25, -0.2) is 0 Å². The number of aliphatic hydroxyl groups is 1. The minimum Gasteiger partial charge on any atom is -0.392 e. The average molecular weight is 351 g/mol. The van der Waals surface area contributed by atoms with Crippen molar-refractivity contribution in [3.63, 3.8) is 0 Å². The number of carbonyl (C=O) groups excluding carboxylic acids is 1. The molecule has 2 nitrogen and oxygen atoms in total. The van der Waals surface area contributed by atoms with Gasteiger partial charge in [-0.15, -0.1) is 11.3 Å². The van der Waals surface area contributed by atoms with Gasteiger partial charge >= 0.3 is 0 Å². The first kappa shape index (κ1) is 18.2. The first-order valence-electron chi connectivity index (χ1n) is 7.79. The van der Waals surface area contributed by atoms with Gasteiger partial charge in [-0.05, 0) is 24.5 Å². The lowest BCUT2D eigenvalue weighted by Crippen LogP contribution is -2.32. The van der Waals surface area contributed by atoms with E-state index in [1.54, 1.807) is 0 Å². The molecule has 0 aliphatic heterocycles. The Morgan fingerprint density at radius 1 is 1.30 bits per heavy atom. The molecule has 1 heterocycles. The minimum absolute atomic E-state index is 0.0276. The molecule has 1 aromatic heterocycles. The summed E-state index contributed by atoms with van der Waals surface area (Å²) in [7, 11) is 0. The molecule has 1 atom stereocenters. The second-order valence-electron chi connectivity index (χ2n) is 6.69. The Labute approximate surface area is 147 Å². The van der Waals surface area contributed by atoms with Crippen molar-refractivity contribution in [2.75, 3.05) is 0 Å². The van der Waals surface area contributed by atoms with E-state index in [0.717, 1.165) is 16.9 Å². The average Bonchev–Trinajstić information content (AvgIpc) is 2.86. The topological polar surface area (TPSA) is 37.3 Å². The first-order chi connectivity index (χ1) is 10.8. The summed E-state index contributed by atoms with van der Waals surface area (Å²) in [6.45, 7) is 5.91. The first-order valence-corrected chi connectivity index (χ1v) is 8.99. The minimum atomic E-state index is -0.449. The summed E-state index contributed by atoms with van der Waals surface area (Å²) in [6.07, 6.45) is 1.41. The Morgan fingerprint density at radius 3 is 2.52 bits per heavy atom. The van der Waals surface area contributed by atoms with Crippen LogP contribution < -0.4 is 0 Å². The standard InChI is InChI=1S/C19H23ClO2S/c1-13(9-14-7-5-4-6-8-14)17(22)19(2,3)11-16-10-15(12-21)18(20)23-16/h4-8,10,13,21H,9,11-12H2,1-3H3. The van der Waals surface area contributed by atoms with E-state index in [1.807, 2.05) is 45.0 Å². The lowest BCUT2D eigenvalue weighted by atomic mass is 9.77. The van der Waals surface area contributed by atoms with E-state index in [4.69, 9.17) is 11.6 Å². The number of ketones is 1. The summed E-state index contributed by atoms with van der Waals surface area (Å²) in [4.78, 5) is 13.9. The van der Waals surface area contributed by atoms with Gasteiger partial charge in [-0.2, -0.15) is 0 Å².